The minimum absolute atomic E-state index is 0.218. The summed E-state index contributed by atoms with van der Waals surface area (Å²) in [4.78, 5) is 11.2. The van der Waals surface area contributed by atoms with E-state index >= 15 is 0 Å². The van der Waals surface area contributed by atoms with Crippen molar-refractivity contribution in [3.63, 3.8) is 0 Å². The second-order valence-corrected chi connectivity index (χ2v) is 4.68. The van der Waals surface area contributed by atoms with Gasteiger partial charge < -0.3 is 9.47 Å². The molecule has 0 aromatic heterocycles. The van der Waals surface area contributed by atoms with Gasteiger partial charge in [0.2, 0.25) is 0 Å². The van der Waals surface area contributed by atoms with Crippen molar-refractivity contribution in [2.75, 3.05) is 7.11 Å². The van der Waals surface area contributed by atoms with Crippen LogP contribution in [0.25, 0.3) is 0 Å². The maximum Gasteiger partial charge on any atom is 0.337 e. The highest BCUT2D eigenvalue weighted by atomic mass is 16.5. The molecule has 0 fully saturated rings. The molecule has 0 radical (unpaired) electrons. The number of hydrogen-bond donors (Lipinski definition) is 1. The Labute approximate surface area is 107 Å². The molecule has 0 bridgehead atoms. The Morgan fingerprint density at radius 2 is 1.83 bits per heavy atom. The number of rotatable bonds is 4. The Morgan fingerprint density at radius 3 is 2.28 bits per heavy atom. The first-order valence-corrected chi connectivity index (χ1v) is 5.86. The van der Waals surface area contributed by atoms with Crippen molar-refractivity contribution in [2.45, 2.75) is 27.2 Å². The first kappa shape index (κ1) is 14.2. The van der Waals surface area contributed by atoms with E-state index in [-0.39, 0.29) is 17.3 Å². The summed E-state index contributed by atoms with van der Waals surface area (Å²) in [6.45, 7) is 5.93. The molecule has 18 heavy (non-hydrogen) atoms. The predicted molar refractivity (Wildman–Crippen MR) is 70.2 cm³/mol. The van der Waals surface area contributed by atoms with Gasteiger partial charge in [0.1, 0.15) is 5.75 Å². The fraction of sp³-hybridized carbons (Fsp3) is 0.429. The van der Waals surface area contributed by atoms with Gasteiger partial charge in [-0.3, -0.25) is 5.41 Å². The highest BCUT2D eigenvalue weighted by molar-refractivity contribution is 5.89. The lowest BCUT2D eigenvalue weighted by atomic mass is 9.90. The molecule has 98 valence electrons. The van der Waals surface area contributed by atoms with Crippen LogP contribution in [-0.2, 0) is 4.74 Å². The molecule has 4 heteroatoms. The van der Waals surface area contributed by atoms with Gasteiger partial charge in [-0.25, -0.2) is 4.79 Å². The molecule has 0 amide bonds. The van der Waals surface area contributed by atoms with Crippen LogP contribution < -0.4 is 4.74 Å². The lowest BCUT2D eigenvalue weighted by Crippen LogP contribution is -2.27. The van der Waals surface area contributed by atoms with Gasteiger partial charge in [0, 0.05) is 5.41 Å². The minimum atomic E-state index is -0.384. The molecule has 0 spiro atoms. The van der Waals surface area contributed by atoms with E-state index in [4.69, 9.17) is 10.1 Å². The van der Waals surface area contributed by atoms with Crippen LogP contribution in [0.5, 0.6) is 5.75 Å². The molecule has 0 saturated carbocycles. The van der Waals surface area contributed by atoms with Crippen molar-refractivity contribution in [3.05, 3.63) is 29.8 Å². The average Bonchev–Trinajstić information content (AvgIpc) is 2.38. The quantitative estimate of drug-likeness (QED) is 0.506. The molecule has 1 aromatic carbocycles. The zero-order valence-electron chi connectivity index (χ0n) is 11.2. The predicted octanol–water partition coefficient (Wildman–Crippen LogP) is 3.27. The number of carbonyl (C=O) groups is 1. The molecule has 0 aliphatic heterocycles. The summed E-state index contributed by atoms with van der Waals surface area (Å²) < 4.78 is 10.1. The molecular formula is C14H19NO3. The van der Waals surface area contributed by atoms with Gasteiger partial charge in [0.15, 0.2) is 5.90 Å². The summed E-state index contributed by atoms with van der Waals surface area (Å²) in [5.74, 6) is 0.385. The fourth-order valence-corrected chi connectivity index (χ4v) is 1.19. The van der Waals surface area contributed by atoms with Gasteiger partial charge in [-0.15, -0.1) is 0 Å². The Hall–Kier alpha value is -1.84. The Bertz CT molecular complexity index is 435. The number of nitrogens with one attached hydrogen (secondary N) is 1. The molecule has 1 N–H and O–H groups in total. The number of carbonyl (C=O) groups excluding carboxylic acids is 1. The van der Waals surface area contributed by atoms with Gasteiger partial charge in [-0.1, -0.05) is 20.8 Å². The highest BCUT2D eigenvalue weighted by Gasteiger charge is 2.23. The molecule has 0 saturated heterocycles. The molecule has 0 heterocycles. The van der Waals surface area contributed by atoms with Crippen molar-refractivity contribution in [2.24, 2.45) is 5.41 Å². The Morgan fingerprint density at radius 1 is 1.28 bits per heavy atom. The van der Waals surface area contributed by atoms with Crippen LogP contribution in [-0.4, -0.2) is 19.0 Å². The molecule has 0 unspecified atom stereocenters. The summed E-state index contributed by atoms with van der Waals surface area (Å²) in [5, 5.41) is 7.89. The minimum Gasteiger partial charge on any atom is -0.465 e. The van der Waals surface area contributed by atoms with Gasteiger partial charge >= 0.3 is 5.97 Å². The zero-order valence-corrected chi connectivity index (χ0v) is 11.2. The maximum absolute atomic E-state index is 11.2. The second kappa shape index (κ2) is 5.67. The van der Waals surface area contributed by atoms with Crippen LogP contribution in [0.1, 0.15) is 37.6 Å². The topological polar surface area (TPSA) is 59.4 Å². The van der Waals surface area contributed by atoms with Gasteiger partial charge in [-0.2, -0.15) is 0 Å². The summed E-state index contributed by atoms with van der Waals surface area (Å²) in [6.07, 6.45) is 0.825. The molecule has 0 atom stereocenters. The summed E-state index contributed by atoms with van der Waals surface area (Å²) in [6, 6.07) is 6.56. The van der Waals surface area contributed by atoms with E-state index in [1.54, 1.807) is 24.3 Å². The largest absolute Gasteiger partial charge is 0.465 e. The summed E-state index contributed by atoms with van der Waals surface area (Å²) in [7, 11) is 1.34. The standard InChI is InChI=1S/C14H19NO3/c1-5-14(2,3)13(15)18-11-8-6-10(7-9-11)12(16)17-4/h6-9,15H,5H2,1-4H3. The molecule has 4 nitrogen and oxygen atoms in total. The molecule has 0 aliphatic carbocycles. The van der Waals surface area contributed by atoms with E-state index in [9.17, 15) is 4.79 Å². The van der Waals surface area contributed by atoms with Crippen LogP contribution in [0.2, 0.25) is 0 Å². The zero-order chi connectivity index (χ0) is 13.8. The molecule has 1 rings (SSSR count). The molecular weight excluding hydrogens is 230 g/mol. The van der Waals surface area contributed by atoms with Gasteiger partial charge in [0.05, 0.1) is 12.7 Å². The first-order valence-electron chi connectivity index (χ1n) is 5.86. The highest BCUT2D eigenvalue weighted by Crippen LogP contribution is 2.24. The second-order valence-electron chi connectivity index (χ2n) is 4.68. The van der Waals surface area contributed by atoms with Crippen LogP contribution in [0.15, 0.2) is 24.3 Å². The lowest BCUT2D eigenvalue weighted by Gasteiger charge is -2.23. The molecule has 0 aliphatic rings. The smallest absolute Gasteiger partial charge is 0.337 e. The third-order valence-corrected chi connectivity index (χ3v) is 2.99. The Balaban J connectivity index is 2.76. The van der Waals surface area contributed by atoms with E-state index in [2.05, 4.69) is 4.74 Å². The van der Waals surface area contributed by atoms with Crippen LogP contribution in [0.3, 0.4) is 0 Å². The normalized spacial score (nSPS) is 10.9. The van der Waals surface area contributed by atoms with Crippen molar-refractivity contribution in [3.8, 4) is 5.75 Å². The number of methoxy groups -OCH3 is 1. The maximum atomic E-state index is 11.2. The third kappa shape index (κ3) is 3.32. The van der Waals surface area contributed by atoms with E-state index < -0.39 is 0 Å². The van der Waals surface area contributed by atoms with Crippen LogP contribution in [0.4, 0.5) is 0 Å². The van der Waals surface area contributed by atoms with Crippen LogP contribution in [0, 0.1) is 10.8 Å². The van der Waals surface area contributed by atoms with Crippen molar-refractivity contribution in [1.29, 1.82) is 5.41 Å². The lowest BCUT2D eigenvalue weighted by molar-refractivity contribution is 0.0600. The van der Waals surface area contributed by atoms with Gasteiger partial charge in [-0.05, 0) is 30.7 Å². The van der Waals surface area contributed by atoms with Crippen molar-refractivity contribution < 1.29 is 14.3 Å². The van der Waals surface area contributed by atoms with Gasteiger partial charge in [0.25, 0.3) is 0 Å². The number of hydrogen-bond acceptors (Lipinski definition) is 4. The third-order valence-electron chi connectivity index (χ3n) is 2.99. The monoisotopic (exact) mass is 249 g/mol. The number of benzene rings is 1. The van der Waals surface area contributed by atoms with E-state index in [0.717, 1.165) is 6.42 Å². The summed E-state index contributed by atoms with van der Waals surface area (Å²) in [5.41, 5.74) is 0.173. The van der Waals surface area contributed by atoms with E-state index in [0.29, 0.717) is 11.3 Å². The average molecular weight is 249 g/mol. The van der Waals surface area contributed by atoms with Crippen molar-refractivity contribution >= 4 is 11.9 Å². The Kier molecular flexibility index (Phi) is 4.48. The first-order chi connectivity index (χ1) is 8.40. The number of esters is 1. The summed E-state index contributed by atoms with van der Waals surface area (Å²) >= 11 is 0. The SMILES string of the molecule is CCC(C)(C)C(=N)Oc1ccc(C(=O)OC)cc1. The van der Waals surface area contributed by atoms with Crippen LogP contribution >= 0.6 is 0 Å². The van der Waals surface area contributed by atoms with E-state index in [1.807, 2.05) is 20.8 Å². The molecule has 1 aromatic rings. The fourth-order valence-electron chi connectivity index (χ4n) is 1.19. The number of ether oxygens (including phenoxy) is 2. The van der Waals surface area contributed by atoms with E-state index in [1.165, 1.54) is 7.11 Å². The van der Waals surface area contributed by atoms with Crippen molar-refractivity contribution in [1.82, 2.24) is 0 Å².